The lowest BCUT2D eigenvalue weighted by Crippen LogP contribution is -2.45. The van der Waals surface area contributed by atoms with Gasteiger partial charge in [-0.3, -0.25) is 9.59 Å². The predicted octanol–water partition coefficient (Wildman–Crippen LogP) is 17.2. The lowest BCUT2D eigenvalue weighted by molar-refractivity contribution is -0.143. The maximum atomic E-state index is 12.4. The molecule has 0 aromatic heterocycles. The van der Waals surface area contributed by atoms with E-state index in [2.05, 4.69) is 43.5 Å². The molecule has 0 heterocycles. The summed E-state index contributed by atoms with van der Waals surface area (Å²) in [5, 5.41) is 23.1. The van der Waals surface area contributed by atoms with Gasteiger partial charge in [0.1, 0.15) is 0 Å². The number of allylic oxidation sites excluding steroid dienone is 5. The molecule has 0 aliphatic heterocycles. The van der Waals surface area contributed by atoms with Crippen molar-refractivity contribution in [1.82, 2.24) is 5.32 Å². The van der Waals surface area contributed by atoms with Crippen LogP contribution in [0.4, 0.5) is 0 Å². The van der Waals surface area contributed by atoms with E-state index in [1.54, 1.807) is 6.08 Å². The molecule has 0 spiro atoms. The summed E-state index contributed by atoms with van der Waals surface area (Å²) >= 11 is 0. The first-order chi connectivity index (χ1) is 31.5. The molecular formula is C58H109NO5. The van der Waals surface area contributed by atoms with Gasteiger partial charge in [-0.2, -0.15) is 0 Å². The van der Waals surface area contributed by atoms with E-state index in [1.807, 2.05) is 6.08 Å². The van der Waals surface area contributed by atoms with E-state index in [1.165, 1.54) is 212 Å². The highest BCUT2D eigenvalue weighted by Gasteiger charge is 2.18. The molecule has 0 bridgehead atoms. The van der Waals surface area contributed by atoms with Gasteiger partial charge in [-0.1, -0.05) is 256 Å². The van der Waals surface area contributed by atoms with Gasteiger partial charge in [0.05, 0.1) is 25.4 Å². The van der Waals surface area contributed by atoms with Crippen molar-refractivity contribution < 1.29 is 24.5 Å². The van der Waals surface area contributed by atoms with Gasteiger partial charge < -0.3 is 20.3 Å². The highest BCUT2D eigenvalue weighted by atomic mass is 16.5. The summed E-state index contributed by atoms with van der Waals surface area (Å²) in [4.78, 5) is 24.5. The second-order valence-electron chi connectivity index (χ2n) is 19.3. The minimum absolute atomic E-state index is 0.00585. The normalized spacial score (nSPS) is 12.9. The van der Waals surface area contributed by atoms with Gasteiger partial charge in [0.2, 0.25) is 5.91 Å². The molecule has 6 nitrogen and oxygen atoms in total. The van der Waals surface area contributed by atoms with Crippen LogP contribution in [0, 0.1) is 0 Å². The van der Waals surface area contributed by atoms with Crippen LogP contribution >= 0.6 is 0 Å². The van der Waals surface area contributed by atoms with Crippen LogP contribution in [0.2, 0.25) is 0 Å². The fourth-order valence-electron chi connectivity index (χ4n) is 8.55. The van der Waals surface area contributed by atoms with Crippen molar-refractivity contribution in [2.45, 2.75) is 309 Å². The summed E-state index contributed by atoms with van der Waals surface area (Å²) in [6.07, 6.45) is 65.8. The van der Waals surface area contributed by atoms with Crippen molar-refractivity contribution in [3.05, 3.63) is 36.5 Å². The molecule has 0 rings (SSSR count). The van der Waals surface area contributed by atoms with Crippen LogP contribution < -0.4 is 5.32 Å². The van der Waals surface area contributed by atoms with Crippen molar-refractivity contribution in [3.63, 3.8) is 0 Å². The maximum Gasteiger partial charge on any atom is 0.305 e. The molecule has 0 aliphatic carbocycles. The molecular weight excluding hydrogens is 791 g/mol. The Balaban J connectivity index is 3.45. The lowest BCUT2D eigenvalue weighted by Gasteiger charge is -2.20. The molecule has 0 aliphatic rings. The van der Waals surface area contributed by atoms with E-state index in [0.29, 0.717) is 19.4 Å². The van der Waals surface area contributed by atoms with Gasteiger partial charge in [-0.05, 0) is 64.2 Å². The fraction of sp³-hybridized carbons (Fsp3) is 0.862. The van der Waals surface area contributed by atoms with Crippen LogP contribution in [-0.2, 0) is 14.3 Å². The van der Waals surface area contributed by atoms with Crippen LogP contribution in [0.15, 0.2) is 36.5 Å². The number of rotatable bonds is 52. The first-order valence-corrected chi connectivity index (χ1v) is 28.3. The van der Waals surface area contributed by atoms with Gasteiger partial charge in [-0.15, -0.1) is 0 Å². The molecule has 64 heavy (non-hydrogen) atoms. The highest BCUT2D eigenvalue weighted by molar-refractivity contribution is 5.76. The molecule has 0 aromatic carbocycles. The van der Waals surface area contributed by atoms with Gasteiger partial charge in [0.15, 0.2) is 0 Å². The number of nitrogens with one attached hydrogen (secondary N) is 1. The zero-order valence-corrected chi connectivity index (χ0v) is 42.8. The monoisotopic (exact) mass is 900 g/mol. The quantitative estimate of drug-likeness (QED) is 0.0321. The maximum absolute atomic E-state index is 12.4. The van der Waals surface area contributed by atoms with Crippen molar-refractivity contribution >= 4 is 11.9 Å². The van der Waals surface area contributed by atoms with Crippen molar-refractivity contribution in [1.29, 1.82) is 0 Å². The number of hydrogen-bond donors (Lipinski definition) is 3. The average molecular weight is 901 g/mol. The minimum Gasteiger partial charge on any atom is -0.466 e. The second kappa shape index (κ2) is 53.7. The summed E-state index contributed by atoms with van der Waals surface area (Å²) in [7, 11) is 0. The second-order valence-corrected chi connectivity index (χ2v) is 19.3. The van der Waals surface area contributed by atoms with Crippen molar-refractivity contribution in [3.8, 4) is 0 Å². The zero-order valence-electron chi connectivity index (χ0n) is 42.8. The fourth-order valence-corrected chi connectivity index (χ4v) is 8.55. The molecule has 3 N–H and O–H groups in total. The topological polar surface area (TPSA) is 95.9 Å². The summed E-state index contributed by atoms with van der Waals surface area (Å²) in [5.74, 6) is -0.0808. The summed E-state index contributed by atoms with van der Waals surface area (Å²) in [5.41, 5.74) is 0. The number of unbranched alkanes of at least 4 members (excludes halogenated alkanes) is 37. The summed E-state index contributed by atoms with van der Waals surface area (Å²) < 4.78 is 5.48. The smallest absolute Gasteiger partial charge is 0.305 e. The SMILES string of the molecule is CCCCC/C=C\C/C=C\CCCCCCCCCC(=O)OCCCCCCCCCCCCCCCCCCC(=O)NC(CO)C(O)/C=C/CCCCCCCCCCCCCC. The molecule has 376 valence electrons. The van der Waals surface area contributed by atoms with Crippen molar-refractivity contribution in [2.75, 3.05) is 13.2 Å². The Hall–Kier alpha value is -1.92. The standard InChI is InChI=1S/C58H109NO5/c1-3-5-7-9-11-13-15-17-19-20-24-28-32-36-40-44-48-52-58(63)64-53-49-45-41-37-33-29-25-22-21-23-27-31-35-39-43-47-51-57(62)59-55(54-60)56(61)50-46-42-38-34-30-26-18-16-14-12-10-8-6-4-2/h11,13,17,19,46,50,55-56,60-61H,3-10,12,14-16,18,20-45,47-49,51-54H2,1-2H3,(H,59,62)/b13-11-,19-17-,50-46+. The number of ether oxygens (including phenoxy) is 1. The number of esters is 1. The number of amides is 1. The number of aliphatic hydroxyl groups excluding tert-OH is 2. The molecule has 2 unspecified atom stereocenters. The Morgan fingerprint density at radius 1 is 0.438 bits per heavy atom. The van der Waals surface area contributed by atoms with Gasteiger partial charge in [0.25, 0.3) is 0 Å². The van der Waals surface area contributed by atoms with E-state index < -0.39 is 12.1 Å². The van der Waals surface area contributed by atoms with Crippen LogP contribution in [0.3, 0.4) is 0 Å². The van der Waals surface area contributed by atoms with Crippen molar-refractivity contribution in [2.24, 2.45) is 0 Å². The molecule has 0 saturated heterocycles. The first-order valence-electron chi connectivity index (χ1n) is 28.3. The van der Waals surface area contributed by atoms with Gasteiger partial charge in [0, 0.05) is 12.8 Å². The minimum atomic E-state index is -0.849. The third kappa shape index (κ3) is 49.5. The van der Waals surface area contributed by atoms with Crippen LogP contribution in [-0.4, -0.2) is 47.4 Å². The Kier molecular flexibility index (Phi) is 52.1. The number of hydrogen-bond acceptors (Lipinski definition) is 5. The Morgan fingerprint density at radius 3 is 1.22 bits per heavy atom. The molecule has 0 saturated carbocycles. The molecule has 2 atom stereocenters. The van der Waals surface area contributed by atoms with E-state index in [9.17, 15) is 19.8 Å². The summed E-state index contributed by atoms with van der Waals surface area (Å²) in [6, 6.07) is -0.633. The highest BCUT2D eigenvalue weighted by Crippen LogP contribution is 2.16. The Labute approximate surface area is 398 Å². The van der Waals surface area contributed by atoms with Crippen LogP contribution in [0.5, 0.6) is 0 Å². The summed E-state index contributed by atoms with van der Waals surface area (Å²) in [6.45, 7) is 4.86. The Morgan fingerprint density at radius 2 is 0.781 bits per heavy atom. The van der Waals surface area contributed by atoms with E-state index in [-0.39, 0.29) is 18.5 Å². The van der Waals surface area contributed by atoms with E-state index in [0.717, 1.165) is 57.8 Å². The molecule has 0 radical (unpaired) electrons. The van der Waals surface area contributed by atoms with Gasteiger partial charge in [-0.25, -0.2) is 0 Å². The lowest BCUT2D eigenvalue weighted by atomic mass is 10.0. The average Bonchev–Trinajstić information content (AvgIpc) is 3.29. The largest absolute Gasteiger partial charge is 0.466 e. The number of aliphatic hydroxyl groups is 2. The van der Waals surface area contributed by atoms with Gasteiger partial charge >= 0.3 is 5.97 Å². The molecule has 0 aromatic rings. The molecule has 0 fully saturated rings. The van der Waals surface area contributed by atoms with Crippen LogP contribution in [0.25, 0.3) is 0 Å². The third-order valence-electron chi connectivity index (χ3n) is 12.9. The molecule has 6 heteroatoms. The third-order valence-corrected chi connectivity index (χ3v) is 12.9. The predicted molar refractivity (Wildman–Crippen MR) is 278 cm³/mol. The number of carbonyl (C=O) groups excluding carboxylic acids is 2. The van der Waals surface area contributed by atoms with E-state index in [4.69, 9.17) is 4.74 Å². The Bertz CT molecular complexity index is 1040. The molecule has 1 amide bonds. The zero-order chi connectivity index (χ0) is 46.5. The first kappa shape index (κ1) is 62.1. The van der Waals surface area contributed by atoms with Crippen LogP contribution in [0.1, 0.15) is 296 Å². The van der Waals surface area contributed by atoms with E-state index >= 15 is 0 Å². The number of carbonyl (C=O) groups is 2.